The molecule has 0 saturated heterocycles. The zero-order valence-electron chi connectivity index (χ0n) is 13.5. The molecule has 1 atom stereocenters. The number of nitrogens with zero attached hydrogens (tertiary/aromatic N) is 3. The zero-order valence-corrected chi connectivity index (χ0v) is 14.2. The highest BCUT2D eigenvalue weighted by Crippen LogP contribution is 2.40. The van der Waals surface area contributed by atoms with E-state index >= 15 is 0 Å². The van der Waals surface area contributed by atoms with Gasteiger partial charge in [-0.2, -0.15) is 5.10 Å². The van der Waals surface area contributed by atoms with Crippen molar-refractivity contribution in [3.05, 3.63) is 52.1 Å². The standard InChI is InChI=1S/C18H21ClFN3O/c19-15-8-12(2-5-16(15)20)10-22-6-1-7-23-14(11-22)9-17(21-23)18(24)13-3-4-13/h2,5,8-9,13,18,24H,1,3-4,6-7,10-11H2. The molecule has 2 heterocycles. The van der Waals surface area contributed by atoms with Gasteiger partial charge in [-0.15, -0.1) is 0 Å². The summed E-state index contributed by atoms with van der Waals surface area (Å²) in [5, 5.41) is 15.1. The van der Waals surface area contributed by atoms with E-state index in [4.69, 9.17) is 11.6 Å². The fourth-order valence-corrected chi connectivity index (χ4v) is 3.58. The summed E-state index contributed by atoms with van der Waals surface area (Å²) in [6, 6.07) is 6.94. The van der Waals surface area contributed by atoms with Gasteiger partial charge in [-0.3, -0.25) is 9.58 Å². The number of aromatic nitrogens is 2. The summed E-state index contributed by atoms with van der Waals surface area (Å²) in [6.07, 6.45) is 2.78. The molecule has 2 aliphatic rings. The maximum atomic E-state index is 13.3. The van der Waals surface area contributed by atoms with E-state index in [1.165, 1.54) is 6.07 Å². The van der Waals surface area contributed by atoms with Gasteiger partial charge in [0.15, 0.2) is 0 Å². The number of aliphatic hydroxyl groups is 1. The summed E-state index contributed by atoms with van der Waals surface area (Å²) in [5.74, 6) is 0.00895. The number of halogens is 2. The van der Waals surface area contributed by atoms with Crippen molar-refractivity contribution >= 4 is 11.6 Å². The number of aliphatic hydroxyl groups excluding tert-OH is 1. The first-order chi connectivity index (χ1) is 11.6. The summed E-state index contributed by atoms with van der Waals surface area (Å²) < 4.78 is 15.3. The Hall–Kier alpha value is -1.43. The molecule has 4 rings (SSSR count). The molecule has 1 unspecified atom stereocenters. The Kier molecular flexibility index (Phi) is 4.33. The van der Waals surface area contributed by atoms with Crippen LogP contribution in [-0.2, 0) is 19.6 Å². The molecule has 0 radical (unpaired) electrons. The van der Waals surface area contributed by atoms with E-state index in [1.807, 2.05) is 10.7 Å². The van der Waals surface area contributed by atoms with Crippen molar-refractivity contribution in [1.82, 2.24) is 14.7 Å². The molecule has 0 amide bonds. The molecule has 1 aromatic carbocycles. The van der Waals surface area contributed by atoms with E-state index in [1.54, 1.807) is 12.1 Å². The van der Waals surface area contributed by atoms with Crippen LogP contribution >= 0.6 is 11.6 Å². The van der Waals surface area contributed by atoms with Gasteiger partial charge in [0, 0.05) is 26.2 Å². The second kappa shape index (κ2) is 6.47. The van der Waals surface area contributed by atoms with Gasteiger partial charge in [-0.25, -0.2) is 4.39 Å². The fourth-order valence-electron chi connectivity index (χ4n) is 3.38. The van der Waals surface area contributed by atoms with Crippen LogP contribution in [0.25, 0.3) is 0 Å². The number of benzene rings is 1. The quantitative estimate of drug-likeness (QED) is 0.918. The van der Waals surface area contributed by atoms with Crippen molar-refractivity contribution in [3.8, 4) is 0 Å². The van der Waals surface area contributed by atoms with Crippen molar-refractivity contribution in [3.63, 3.8) is 0 Å². The van der Waals surface area contributed by atoms with E-state index in [9.17, 15) is 9.50 Å². The number of rotatable bonds is 4. The van der Waals surface area contributed by atoms with Crippen molar-refractivity contribution in [2.45, 2.75) is 45.0 Å². The Morgan fingerprint density at radius 3 is 2.88 bits per heavy atom. The third-order valence-electron chi connectivity index (χ3n) is 4.87. The molecule has 1 saturated carbocycles. The van der Waals surface area contributed by atoms with Crippen LogP contribution in [0.5, 0.6) is 0 Å². The number of hydrogen-bond donors (Lipinski definition) is 1. The second-order valence-corrected chi connectivity index (χ2v) is 7.29. The largest absolute Gasteiger partial charge is 0.386 e. The minimum absolute atomic E-state index is 0.169. The van der Waals surface area contributed by atoms with Gasteiger partial charge in [-0.05, 0) is 48.9 Å². The van der Waals surface area contributed by atoms with E-state index < -0.39 is 6.10 Å². The monoisotopic (exact) mass is 349 g/mol. The van der Waals surface area contributed by atoms with Crippen molar-refractivity contribution in [2.75, 3.05) is 6.54 Å². The Bertz CT molecular complexity index is 744. The van der Waals surface area contributed by atoms with Crippen molar-refractivity contribution in [2.24, 2.45) is 5.92 Å². The lowest BCUT2D eigenvalue weighted by molar-refractivity contribution is 0.148. The van der Waals surface area contributed by atoms with Crippen molar-refractivity contribution < 1.29 is 9.50 Å². The van der Waals surface area contributed by atoms with E-state index in [2.05, 4.69) is 10.00 Å². The van der Waals surface area contributed by atoms with Crippen LogP contribution in [0, 0.1) is 11.7 Å². The molecule has 2 aromatic rings. The molecule has 128 valence electrons. The molecule has 4 nitrogen and oxygen atoms in total. The first-order valence-corrected chi connectivity index (χ1v) is 8.89. The van der Waals surface area contributed by atoms with Crippen LogP contribution in [0.15, 0.2) is 24.3 Å². The first kappa shape index (κ1) is 16.1. The van der Waals surface area contributed by atoms with Gasteiger partial charge in [0.2, 0.25) is 0 Å². The Morgan fingerprint density at radius 2 is 2.12 bits per heavy atom. The average Bonchev–Trinajstić information content (AvgIpc) is 3.35. The first-order valence-electron chi connectivity index (χ1n) is 8.51. The summed E-state index contributed by atoms with van der Waals surface area (Å²) in [7, 11) is 0. The highest BCUT2D eigenvalue weighted by Gasteiger charge is 2.33. The molecule has 1 N–H and O–H groups in total. The predicted molar refractivity (Wildman–Crippen MR) is 90.1 cm³/mol. The van der Waals surface area contributed by atoms with Gasteiger partial charge in [0.05, 0.1) is 16.4 Å². The Labute approximate surface area is 145 Å². The van der Waals surface area contributed by atoms with Crippen LogP contribution in [0.1, 0.15) is 42.3 Å². The molecule has 1 fully saturated rings. The lowest BCUT2D eigenvalue weighted by Crippen LogP contribution is -2.22. The highest BCUT2D eigenvalue weighted by atomic mass is 35.5. The third kappa shape index (κ3) is 3.34. The molecular weight excluding hydrogens is 329 g/mol. The molecule has 1 aliphatic heterocycles. The Morgan fingerprint density at radius 1 is 1.29 bits per heavy atom. The molecule has 6 heteroatoms. The van der Waals surface area contributed by atoms with Gasteiger partial charge < -0.3 is 5.11 Å². The molecule has 1 aromatic heterocycles. The number of hydrogen-bond acceptors (Lipinski definition) is 3. The van der Waals surface area contributed by atoms with Crippen LogP contribution in [-0.4, -0.2) is 26.3 Å². The average molecular weight is 350 g/mol. The smallest absolute Gasteiger partial charge is 0.141 e. The predicted octanol–water partition coefficient (Wildman–Crippen LogP) is 3.52. The van der Waals surface area contributed by atoms with Gasteiger partial charge in [-0.1, -0.05) is 17.7 Å². The van der Waals surface area contributed by atoms with Gasteiger partial charge >= 0.3 is 0 Å². The maximum Gasteiger partial charge on any atom is 0.141 e. The van der Waals surface area contributed by atoms with Crippen LogP contribution in [0.2, 0.25) is 5.02 Å². The third-order valence-corrected chi connectivity index (χ3v) is 5.16. The zero-order chi connectivity index (χ0) is 16.7. The van der Waals surface area contributed by atoms with Crippen LogP contribution < -0.4 is 0 Å². The SMILES string of the molecule is OC(c1cc2n(n1)CCCN(Cc1ccc(F)c(Cl)c1)C2)C1CC1. The van der Waals surface area contributed by atoms with Gasteiger partial charge in [0.25, 0.3) is 0 Å². The maximum absolute atomic E-state index is 13.3. The van der Waals surface area contributed by atoms with Crippen LogP contribution in [0.3, 0.4) is 0 Å². The fraction of sp³-hybridized carbons (Fsp3) is 0.500. The van der Waals surface area contributed by atoms with Gasteiger partial charge in [0.1, 0.15) is 11.9 Å². The van der Waals surface area contributed by atoms with E-state index in [0.29, 0.717) is 5.92 Å². The lowest BCUT2D eigenvalue weighted by atomic mass is 10.1. The highest BCUT2D eigenvalue weighted by molar-refractivity contribution is 6.30. The Balaban J connectivity index is 1.49. The molecule has 0 spiro atoms. The van der Waals surface area contributed by atoms with Crippen LogP contribution in [0.4, 0.5) is 4.39 Å². The number of aryl methyl sites for hydroxylation is 1. The number of fused-ring (bicyclic) bond motifs is 1. The summed E-state index contributed by atoms with van der Waals surface area (Å²) in [5.41, 5.74) is 2.95. The summed E-state index contributed by atoms with van der Waals surface area (Å²) >= 11 is 5.88. The molecule has 1 aliphatic carbocycles. The minimum atomic E-state index is -0.422. The lowest BCUT2D eigenvalue weighted by Gasteiger charge is -2.19. The van der Waals surface area contributed by atoms with Crippen molar-refractivity contribution in [1.29, 1.82) is 0 Å². The summed E-state index contributed by atoms with van der Waals surface area (Å²) in [6.45, 7) is 3.33. The minimum Gasteiger partial charge on any atom is -0.386 e. The molecule has 0 bridgehead atoms. The van der Waals surface area contributed by atoms with E-state index in [-0.39, 0.29) is 10.8 Å². The topological polar surface area (TPSA) is 41.3 Å². The molecule has 24 heavy (non-hydrogen) atoms. The second-order valence-electron chi connectivity index (χ2n) is 6.88. The van der Waals surface area contributed by atoms with E-state index in [0.717, 1.165) is 62.4 Å². The molecular formula is C18H21ClFN3O. The summed E-state index contributed by atoms with van der Waals surface area (Å²) in [4.78, 5) is 2.32. The normalized spacial score (nSPS) is 19.8.